The summed E-state index contributed by atoms with van der Waals surface area (Å²) in [7, 11) is 0. The van der Waals surface area contributed by atoms with Crippen molar-refractivity contribution in [1.82, 2.24) is 4.98 Å². The molecular formula is C24H31N2O+. The van der Waals surface area contributed by atoms with Gasteiger partial charge in [0, 0.05) is 22.2 Å². The molecule has 1 aromatic heterocycles. The second kappa shape index (κ2) is 9.01. The number of rotatable bonds is 8. The summed E-state index contributed by atoms with van der Waals surface area (Å²) in [5.41, 5.74) is 5.62. The number of quaternary nitrogens is 1. The topological polar surface area (TPSA) is 37.3 Å². The van der Waals surface area contributed by atoms with Gasteiger partial charge in [-0.25, -0.2) is 0 Å². The lowest BCUT2D eigenvalue weighted by Crippen LogP contribution is -3.09. The fourth-order valence-electron chi connectivity index (χ4n) is 3.69. The second-order valence-corrected chi connectivity index (χ2v) is 7.48. The van der Waals surface area contributed by atoms with E-state index in [-0.39, 0.29) is 5.43 Å². The van der Waals surface area contributed by atoms with Gasteiger partial charge in [-0.05, 0) is 44.4 Å². The zero-order valence-corrected chi connectivity index (χ0v) is 16.8. The van der Waals surface area contributed by atoms with Crippen LogP contribution in [0, 0.1) is 6.92 Å². The number of nitrogens with one attached hydrogen (secondary N) is 2. The molecule has 0 radical (unpaired) electrons. The van der Waals surface area contributed by atoms with Gasteiger partial charge >= 0.3 is 0 Å². The van der Waals surface area contributed by atoms with Crippen molar-refractivity contribution in [2.75, 3.05) is 6.54 Å². The van der Waals surface area contributed by atoms with E-state index in [1.54, 1.807) is 0 Å². The van der Waals surface area contributed by atoms with Crippen LogP contribution >= 0.6 is 0 Å². The van der Waals surface area contributed by atoms with Gasteiger partial charge in [0.15, 0.2) is 5.43 Å². The van der Waals surface area contributed by atoms with E-state index in [1.165, 1.54) is 22.4 Å². The number of benzene rings is 2. The zero-order chi connectivity index (χ0) is 19.2. The summed E-state index contributed by atoms with van der Waals surface area (Å²) in [6.45, 7) is 9.08. The molecule has 142 valence electrons. The first-order valence-corrected chi connectivity index (χ1v) is 10.1. The number of unbranched alkanes of at least 4 members (excludes halogenated alkanes) is 1. The maximum Gasteiger partial charge on any atom is 0.198 e. The van der Waals surface area contributed by atoms with Crippen molar-refractivity contribution in [1.29, 1.82) is 0 Å². The number of hydrogen-bond donors (Lipinski definition) is 2. The first kappa shape index (κ1) is 19.4. The summed E-state index contributed by atoms with van der Waals surface area (Å²) in [5, 5.41) is 0.833. The lowest BCUT2D eigenvalue weighted by Gasteiger charge is -2.19. The molecule has 27 heavy (non-hydrogen) atoms. The van der Waals surface area contributed by atoms with E-state index in [0.29, 0.717) is 0 Å². The maximum atomic E-state index is 13.2. The highest BCUT2D eigenvalue weighted by Gasteiger charge is 2.16. The monoisotopic (exact) mass is 363 g/mol. The van der Waals surface area contributed by atoms with Crippen molar-refractivity contribution in [3.8, 4) is 0 Å². The minimum absolute atomic E-state index is 0.193. The van der Waals surface area contributed by atoms with Crippen LogP contribution in [0.25, 0.3) is 10.9 Å². The Kier molecular flexibility index (Phi) is 6.46. The van der Waals surface area contributed by atoms with Crippen LogP contribution in [-0.4, -0.2) is 11.5 Å². The molecule has 0 bridgehead atoms. The Bertz CT molecular complexity index is 944. The molecule has 3 heteroatoms. The van der Waals surface area contributed by atoms with Gasteiger partial charge in [-0.1, -0.05) is 49.7 Å². The summed E-state index contributed by atoms with van der Waals surface area (Å²) in [4.78, 5) is 18.1. The Morgan fingerprint density at radius 1 is 0.963 bits per heavy atom. The third kappa shape index (κ3) is 4.67. The van der Waals surface area contributed by atoms with Gasteiger partial charge in [0.05, 0.1) is 12.1 Å². The molecule has 0 saturated heterocycles. The highest BCUT2D eigenvalue weighted by molar-refractivity contribution is 5.80. The van der Waals surface area contributed by atoms with Gasteiger partial charge in [-0.15, -0.1) is 0 Å². The first-order valence-electron chi connectivity index (χ1n) is 10.1. The Labute approximate surface area is 162 Å². The van der Waals surface area contributed by atoms with E-state index in [9.17, 15) is 4.79 Å². The molecule has 3 aromatic rings. The molecule has 0 aliphatic rings. The molecule has 1 heterocycles. The standard InChI is InChI=1S/C24H30N2O/c1-4-6-10-19-13-14-23-21(15-19)24(27)22(18(3)25-23)17-26(5-2)16-20-11-8-7-9-12-20/h7-9,11-15H,4-6,10,16-17H2,1-3H3,(H,25,27)/p+1. The van der Waals surface area contributed by atoms with Gasteiger partial charge in [0.25, 0.3) is 0 Å². The highest BCUT2D eigenvalue weighted by Crippen LogP contribution is 2.15. The molecule has 0 spiro atoms. The van der Waals surface area contributed by atoms with E-state index in [0.717, 1.165) is 54.6 Å². The predicted molar refractivity (Wildman–Crippen MR) is 113 cm³/mol. The molecule has 0 saturated carbocycles. The number of hydrogen-bond acceptors (Lipinski definition) is 1. The quantitative estimate of drug-likeness (QED) is 0.628. The van der Waals surface area contributed by atoms with Crippen molar-refractivity contribution >= 4 is 10.9 Å². The Balaban J connectivity index is 1.91. The Morgan fingerprint density at radius 2 is 1.74 bits per heavy atom. The number of aromatic amines is 1. The van der Waals surface area contributed by atoms with Gasteiger partial charge in [0.2, 0.25) is 0 Å². The fourth-order valence-corrected chi connectivity index (χ4v) is 3.69. The molecular weight excluding hydrogens is 332 g/mol. The number of pyridine rings is 1. The second-order valence-electron chi connectivity index (χ2n) is 7.48. The summed E-state index contributed by atoms with van der Waals surface area (Å²) in [6, 6.07) is 16.8. The van der Waals surface area contributed by atoms with E-state index in [2.05, 4.69) is 61.3 Å². The van der Waals surface area contributed by atoms with Gasteiger partial charge in [-0.2, -0.15) is 0 Å². The molecule has 2 aromatic carbocycles. The predicted octanol–water partition coefficient (Wildman–Crippen LogP) is 3.78. The average Bonchev–Trinajstić information content (AvgIpc) is 2.69. The third-order valence-electron chi connectivity index (χ3n) is 5.42. The molecule has 0 amide bonds. The zero-order valence-electron chi connectivity index (χ0n) is 16.8. The van der Waals surface area contributed by atoms with Crippen molar-refractivity contribution < 1.29 is 4.90 Å². The average molecular weight is 364 g/mol. The number of fused-ring (bicyclic) bond motifs is 1. The Morgan fingerprint density at radius 3 is 2.44 bits per heavy atom. The third-order valence-corrected chi connectivity index (χ3v) is 5.42. The van der Waals surface area contributed by atoms with Crippen LogP contribution in [0.4, 0.5) is 0 Å². The normalized spacial score (nSPS) is 12.4. The van der Waals surface area contributed by atoms with Gasteiger partial charge in [-0.3, -0.25) is 4.79 Å². The van der Waals surface area contributed by atoms with Crippen molar-refractivity contribution in [2.45, 2.75) is 53.1 Å². The van der Waals surface area contributed by atoms with Crippen LogP contribution < -0.4 is 10.3 Å². The molecule has 3 nitrogen and oxygen atoms in total. The van der Waals surface area contributed by atoms with Crippen LogP contribution in [0.5, 0.6) is 0 Å². The summed E-state index contributed by atoms with van der Waals surface area (Å²) in [6.07, 6.45) is 3.37. The maximum absolute atomic E-state index is 13.2. The minimum atomic E-state index is 0.193. The molecule has 2 N–H and O–H groups in total. The van der Waals surface area contributed by atoms with Gasteiger partial charge < -0.3 is 9.88 Å². The highest BCUT2D eigenvalue weighted by atomic mass is 16.1. The van der Waals surface area contributed by atoms with E-state index >= 15 is 0 Å². The van der Waals surface area contributed by atoms with E-state index in [4.69, 9.17) is 0 Å². The SMILES string of the molecule is CCCCc1ccc2[nH]c(C)c(C[NH+](CC)Cc3ccccc3)c(=O)c2c1. The number of aryl methyl sites for hydroxylation is 2. The lowest BCUT2D eigenvalue weighted by molar-refractivity contribution is -0.925. The smallest absolute Gasteiger partial charge is 0.198 e. The summed E-state index contributed by atoms with van der Waals surface area (Å²) >= 11 is 0. The van der Waals surface area contributed by atoms with E-state index < -0.39 is 0 Å². The largest absolute Gasteiger partial charge is 0.358 e. The Hall–Kier alpha value is -2.39. The minimum Gasteiger partial charge on any atom is -0.358 e. The number of aromatic nitrogens is 1. The molecule has 3 rings (SSSR count). The molecule has 0 fully saturated rings. The molecule has 0 aliphatic heterocycles. The van der Waals surface area contributed by atoms with Crippen LogP contribution in [-0.2, 0) is 19.5 Å². The molecule has 0 aliphatic carbocycles. The summed E-state index contributed by atoms with van der Waals surface area (Å²) < 4.78 is 0. The van der Waals surface area contributed by atoms with E-state index in [1.807, 2.05) is 13.0 Å². The lowest BCUT2D eigenvalue weighted by atomic mass is 10.0. The summed E-state index contributed by atoms with van der Waals surface area (Å²) in [5.74, 6) is 0. The number of H-pyrrole nitrogens is 1. The molecule has 1 unspecified atom stereocenters. The van der Waals surface area contributed by atoms with Gasteiger partial charge in [0.1, 0.15) is 13.1 Å². The van der Waals surface area contributed by atoms with Crippen molar-refractivity contribution in [3.05, 3.63) is 81.1 Å². The molecule has 1 atom stereocenters. The fraction of sp³-hybridized carbons (Fsp3) is 0.375. The first-order chi connectivity index (χ1) is 13.1. The van der Waals surface area contributed by atoms with Crippen LogP contribution in [0.3, 0.4) is 0 Å². The van der Waals surface area contributed by atoms with Crippen molar-refractivity contribution in [2.24, 2.45) is 0 Å². The van der Waals surface area contributed by atoms with Crippen molar-refractivity contribution in [3.63, 3.8) is 0 Å². The van der Waals surface area contributed by atoms with Crippen LogP contribution in [0.15, 0.2) is 53.3 Å². The van der Waals surface area contributed by atoms with Crippen LogP contribution in [0.2, 0.25) is 0 Å². The van der Waals surface area contributed by atoms with Crippen LogP contribution in [0.1, 0.15) is 49.1 Å².